The lowest BCUT2D eigenvalue weighted by molar-refractivity contribution is 0.136. The molecule has 0 amide bonds. The molecule has 0 bridgehead atoms. The Bertz CT molecular complexity index is 444. The Balaban J connectivity index is 2.40. The minimum absolute atomic E-state index is 0.0214. The Morgan fingerprint density at radius 2 is 1.94 bits per heavy atom. The maximum Gasteiger partial charge on any atom is 0.122 e. The number of nitrogens with two attached hydrogens (primary N) is 1. The van der Waals surface area contributed by atoms with Gasteiger partial charge in [-0.15, -0.1) is 0 Å². The molecule has 0 aromatic heterocycles. The highest BCUT2D eigenvalue weighted by molar-refractivity contribution is 5.43. The lowest BCUT2D eigenvalue weighted by atomic mass is 9.84. The number of aliphatic hydroxyl groups excluding tert-OH is 1. The number of methoxy groups -OCH3 is 1. The predicted octanol–water partition coefficient (Wildman–Crippen LogP) is 2.52. The summed E-state index contributed by atoms with van der Waals surface area (Å²) < 4.78 is 5.39. The van der Waals surface area contributed by atoms with Crippen LogP contribution >= 0.6 is 0 Å². The second kappa shape index (κ2) is 4.25. The Morgan fingerprint density at radius 3 is 2.39 bits per heavy atom. The Morgan fingerprint density at radius 1 is 1.33 bits per heavy atom. The zero-order valence-corrected chi connectivity index (χ0v) is 11.7. The number of benzene rings is 1. The fourth-order valence-electron chi connectivity index (χ4n) is 2.23. The topological polar surface area (TPSA) is 55.5 Å². The van der Waals surface area contributed by atoms with Gasteiger partial charge in [0.1, 0.15) is 5.75 Å². The Kier molecular flexibility index (Phi) is 3.16. The summed E-state index contributed by atoms with van der Waals surface area (Å²) >= 11 is 0. The SMILES string of the molecule is COc1ccc(C(O)C2(N)CC2)cc1C(C)(C)C. The second-order valence-corrected chi connectivity index (χ2v) is 6.35. The predicted molar refractivity (Wildman–Crippen MR) is 72.8 cm³/mol. The molecule has 0 saturated heterocycles. The Labute approximate surface area is 109 Å². The van der Waals surface area contributed by atoms with Crippen LogP contribution < -0.4 is 10.5 Å². The summed E-state index contributed by atoms with van der Waals surface area (Å²) in [5.41, 5.74) is 7.63. The first-order valence-electron chi connectivity index (χ1n) is 6.43. The maximum absolute atomic E-state index is 10.3. The van der Waals surface area contributed by atoms with Crippen molar-refractivity contribution < 1.29 is 9.84 Å². The molecule has 1 atom stereocenters. The summed E-state index contributed by atoms with van der Waals surface area (Å²) in [7, 11) is 1.67. The molecule has 100 valence electrons. The van der Waals surface area contributed by atoms with E-state index >= 15 is 0 Å². The van der Waals surface area contributed by atoms with Gasteiger partial charge in [0.2, 0.25) is 0 Å². The summed E-state index contributed by atoms with van der Waals surface area (Å²) in [5.74, 6) is 0.861. The monoisotopic (exact) mass is 249 g/mol. The molecule has 0 aliphatic heterocycles. The van der Waals surface area contributed by atoms with Gasteiger partial charge in [0.15, 0.2) is 0 Å². The van der Waals surface area contributed by atoms with Gasteiger partial charge in [-0.2, -0.15) is 0 Å². The lowest BCUT2D eigenvalue weighted by Crippen LogP contribution is -2.30. The number of rotatable bonds is 3. The van der Waals surface area contributed by atoms with Gasteiger partial charge in [-0.3, -0.25) is 0 Å². The molecule has 1 saturated carbocycles. The van der Waals surface area contributed by atoms with Crippen molar-refractivity contribution in [2.24, 2.45) is 5.73 Å². The molecule has 1 aromatic rings. The van der Waals surface area contributed by atoms with Crippen molar-refractivity contribution in [2.75, 3.05) is 7.11 Å². The van der Waals surface area contributed by atoms with Crippen molar-refractivity contribution in [1.29, 1.82) is 0 Å². The van der Waals surface area contributed by atoms with Crippen molar-refractivity contribution >= 4 is 0 Å². The number of ether oxygens (including phenoxy) is 1. The van der Waals surface area contributed by atoms with Gasteiger partial charge in [-0.05, 0) is 41.5 Å². The van der Waals surface area contributed by atoms with Gasteiger partial charge >= 0.3 is 0 Å². The van der Waals surface area contributed by atoms with Gasteiger partial charge in [0.05, 0.1) is 13.2 Å². The van der Waals surface area contributed by atoms with E-state index in [2.05, 4.69) is 20.8 Å². The molecule has 3 heteroatoms. The van der Waals surface area contributed by atoms with E-state index in [0.717, 1.165) is 29.7 Å². The molecule has 1 aliphatic carbocycles. The quantitative estimate of drug-likeness (QED) is 0.865. The molecule has 3 N–H and O–H groups in total. The summed E-state index contributed by atoms with van der Waals surface area (Å²) in [6.45, 7) is 6.41. The highest BCUT2D eigenvalue weighted by atomic mass is 16.5. The third-order valence-electron chi connectivity index (χ3n) is 3.72. The largest absolute Gasteiger partial charge is 0.496 e. The van der Waals surface area contributed by atoms with E-state index in [4.69, 9.17) is 10.5 Å². The summed E-state index contributed by atoms with van der Waals surface area (Å²) in [4.78, 5) is 0. The van der Waals surface area contributed by atoms with Crippen molar-refractivity contribution in [3.05, 3.63) is 29.3 Å². The van der Waals surface area contributed by atoms with Gasteiger partial charge in [0, 0.05) is 5.54 Å². The smallest absolute Gasteiger partial charge is 0.122 e. The summed E-state index contributed by atoms with van der Waals surface area (Å²) in [6.07, 6.45) is 1.21. The van der Waals surface area contributed by atoms with E-state index in [1.165, 1.54) is 0 Å². The van der Waals surface area contributed by atoms with Gasteiger partial charge in [-0.25, -0.2) is 0 Å². The zero-order chi connectivity index (χ0) is 13.6. The van der Waals surface area contributed by atoms with E-state index in [1.54, 1.807) is 7.11 Å². The fourth-order valence-corrected chi connectivity index (χ4v) is 2.23. The minimum Gasteiger partial charge on any atom is -0.496 e. The van der Waals surface area contributed by atoms with E-state index in [-0.39, 0.29) is 5.41 Å². The van der Waals surface area contributed by atoms with Crippen molar-refractivity contribution in [3.8, 4) is 5.75 Å². The van der Waals surface area contributed by atoms with Crippen LogP contribution in [0.4, 0.5) is 0 Å². The van der Waals surface area contributed by atoms with E-state index in [0.29, 0.717) is 0 Å². The van der Waals surface area contributed by atoms with Crippen LogP contribution in [0.2, 0.25) is 0 Å². The highest BCUT2D eigenvalue weighted by Gasteiger charge is 2.46. The summed E-state index contributed by atoms with van der Waals surface area (Å²) in [6, 6.07) is 5.85. The zero-order valence-electron chi connectivity index (χ0n) is 11.7. The molecule has 0 heterocycles. The first-order chi connectivity index (χ1) is 8.28. The molecule has 18 heavy (non-hydrogen) atoms. The van der Waals surface area contributed by atoms with Crippen LogP contribution in [0.5, 0.6) is 5.75 Å². The molecule has 3 nitrogen and oxygen atoms in total. The third kappa shape index (κ3) is 2.38. The van der Waals surface area contributed by atoms with Crippen LogP contribution in [0.15, 0.2) is 18.2 Å². The van der Waals surface area contributed by atoms with E-state index < -0.39 is 11.6 Å². The van der Waals surface area contributed by atoms with Crippen molar-refractivity contribution in [3.63, 3.8) is 0 Å². The minimum atomic E-state index is -0.579. The summed E-state index contributed by atoms with van der Waals surface area (Å²) in [5, 5.41) is 10.3. The average Bonchev–Trinajstić information content (AvgIpc) is 3.05. The number of aliphatic hydroxyl groups is 1. The van der Waals surface area contributed by atoms with E-state index in [9.17, 15) is 5.11 Å². The normalized spacial score (nSPS) is 19.4. The first-order valence-corrected chi connectivity index (χ1v) is 6.43. The molecular weight excluding hydrogens is 226 g/mol. The first kappa shape index (κ1) is 13.4. The highest BCUT2D eigenvalue weighted by Crippen LogP contribution is 2.44. The van der Waals surface area contributed by atoms with Crippen molar-refractivity contribution in [1.82, 2.24) is 0 Å². The van der Waals surface area contributed by atoms with E-state index in [1.807, 2.05) is 18.2 Å². The van der Waals surface area contributed by atoms with Crippen LogP contribution in [-0.2, 0) is 5.41 Å². The second-order valence-electron chi connectivity index (χ2n) is 6.35. The molecule has 2 rings (SSSR count). The van der Waals surface area contributed by atoms with Gasteiger partial charge in [-0.1, -0.05) is 26.8 Å². The van der Waals surface area contributed by atoms with Crippen molar-refractivity contribution in [2.45, 2.75) is 50.7 Å². The lowest BCUT2D eigenvalue weighted by Gasteiger charge is -2.25. The van der Waals surface area contributed by atoms with Gasteiger partial charge < -0.3 is 15.6 Å². The average molecular weight is 249 g/mol. The number of hydrogen-bond donors (Lipinski definition) is 2. The van der Waals surface area contributed by atoms with Crippen LogP contribution in [0.1, 0.15) is 50.8 Å². The third-order valence-corrected chi connectivity index (χ3v) is 3.72. The van der Waals surface area contributed by atoms with Crippen LogP contribution in [0.3, 0.4) is 0 Å². The molecular formula is C15H23NO2. The van der Waals surface area contributed by atoms with Crippen LogP contribution in [-0.4, -0.2) is 17.8 Å². The molecule has 1 fully saturated rings. The van der Waals surface area contributed by atoms with Gasteiger partial charge in [0.25, 0.3) is 0 Å². The number of hydrogen-bond acceptors (Lipinski definition) is 3. The fraction of sp³-hybridized carbons (Fsp3) is 0.600. The molecule has 1 unspecified atom stereocenters. The Hall–Kier alpha value is -1.06. The maximum atomic E-state index is 10.3. The standard InChI is InChI=1S/C15H23NO2/c1-14(2,3)11-9-10(5-6-12(11)18-4)13(17)15(16)7-8-15/h5-6,9,13,17H,7-8,16H2,1-4H3. The van der Waals surface area contributed by atoms with Crippen LogP contribution in [0.25, 0.3) is 0 Å². The van der Waals surface area contributed by atoms with Crippen LogP contribution in [0, 0.1) is 0 Å². The molecule has 1 aromatic carbocycles. The molecule has 1 aliphatic rings. The molecule has 0 radical (unpaired) electrons. The molecule has 0 spiro atoms.